The fraction of sp³-hybridized carbons (Fsp3) is 0.667. The normalized spacial score (nSPS) is 18.7. The Balaban J connectivity index is 2.60. The van der Waals surface area contributed by atoms with E-state index in [4.69, 9.17) is 9.47 Å². The van der Waals surface area contributed by atoms with Crippen molar-refractivity contribution < 1.29 is 9.47 Å². The molecule has 0 heterocycles. The Morgan fingerprint density at radius 1 is 1.33 bits per heavy atom. The first-order chi connectivity index (χ1) is 7.22. The molecule has 0 spiro atoms. The van der Waals surface area contributed by atoms with Gasteiger partial charge in [-0.15, -0.1) is 0 Å². The highest BCUT2D eigenvalue weighted by atomic mass is 28.2. The Hall–Kier alpha value is -0.383. The average molecular weight is 226 g/mol. The van der Waals surface area contributed by atoms with Crippen LogP contribution >= 0.6 is 0 Å². The molecule has 0 radical (unpaired) electrons. The number of allylic oxidation sites excluding steroid dienone is 4. The second kappa shape index (κ2) is 6.25. The van der Waals surface area contributed by atoms with Crippen LogP contribution in [0.15, 0.2) is 23.3 Å². The summed E-state index contributed by atoms with van der Waals surface area (Å²) in [5.41, 5.74) is 3.71. The minimum absolute atomic E-state index is 0.0595. The molecule has 2 nitrogen and oxygen atoms in total. The predicted octanol–water partition coefficient (Wildman–Crippen LogP) is 2.21. The maximum Gasteiger partial charge on any atom is 0.134 e. The Kier molecular flexibility index (Phi) is 5.29. The van der Waals surface area contributed by atoms with Gasteiger partial charge in [-0.1, -0.05) is 31.1 Å². The molecule has 0 saturated heterocycles. The lowest BCUT2D eigenvalue weighted by Gasteiger charge is -2.22. The third-order valence-electron chi connectivity index (χ3n) is 3.15. The van der Waals surface area contributed by atoms with Crippen LogP contribution in [0.3, 0.4) is 0 Å². The van der Waals surface area contributed by atoms with Gasteiger partial charge < -0.3 is 9.47 Å². The summed E-state index contributed by atoms with van der Waals surface area (Å²) in [6, 6.07) is 0. The van der Waals surface area contributed by atoms with Crippen molar-refractivity contribution in [2.75, 3.05) is 14.2 Å². The third kappa shape index (κ3) is 3.29. The van der Waals surface area contributed by atoms with Gasteiger partial charge in [0, 0.05) is 14.2 Å². The summed E-state index contributed by atoms with van der Waals surface area (Å²) in [5.74, 6) is 0.0595. The van der Waals surface area contributed by atoms with Gasteiger partial charge in [0.1, 0.15) is 5.91 Å². The lowest BCUT2D eigenvalue weighted by Crippen LogP contribution is -2.26. The Morgan fingerprint density at radius 2 is 2.00 bits per heavy atom. The van der Waals surface area contributed by atoms with E-state index in [2.05, 4.69) is 26.0 Å². The molecule has 0 N–H and O–H groups in total. The molecule has 1 unspecified atom stereocenters. The van der Waals surface area contributed by atoms with E-state index in [9.17, 15) is 0 Å². The third-order valence-corrected chi connectivity index (χ3v) is 5.79. The largest absolute Gasteiger partial charge is 0.360 e. The number of rotatable bonds is 6. The van der Waals surface area contributed by atoms with Gasteiger partial charge >= 0.3 is 0 Å². The maximum atomic E-state index is 5.32. The van der Waals surface area contributed by atoms with Crippen LogP contribution in [0.4, 0.5) is 0 Å². The van der Waals surface area contributed by atoms with Crippen LogP contribution in [-0.2, 0) is 9.47 Å². The van der Waals surface area contributed by atoms with Gasteiger partial charge in [0.15, 0.2) is 0 Å². The van der Waals surface area contributed by atoms with Crippen LogP contribution in [0.2, 0.25) is 5.54 Å². The highest BCUT2D eigenvalue weighted by Gasteiger charge is 2.21. The molecule has 0 aliphatic heterocycles. The topological polar surface area (TPSA) is 18.5 Å². The number of hydrogen-bond acceptors (Lipinski definition) is 2. The Labute approximate surface area is 95.2 Å². The van der Waals surface area contributed by atoms with Crippen molar-refractivity contribution >= 4 is 9.52 Å². The van der Waals surface area contributed by atoms with Crippen LogP contribution in [0.5, 0.6) is 0 Å². The van der Waals surface area contributed by atoms with Crippen molar-refractivity contribution in [2.24, 2.45) is 0 Å². The summed E-state index contributed by atoms with van der Waals surface area (Å²) in [5, 5.41) is 0. The summed E-state index contributed by atoms with van der Waals surface area (Å²) in [6.07, 6.45) is 6.98. The first-order valence-electron chi connectivity index (χ1n) is 5.65. The quantitative estimate of drug-likeness (QED) is 0.511. The Morgan fingerprint density at radius 3 is 2.40 bits per heavy atom. The standard InChI is InChI=1S/C12H22O2Si/c1-5-11(15-12(13-3)14-4)10-8-6-7-9(10)2/h7-8,11-12H,5-6,15H2,1-4H3. The van der Waals surface area contributed by atoms with E-state index < -0.39 is 0 Å². The molecule has 0 aromatic heterocycles. The van der Waals surface area contributed by atoms with Crippen molar-refractivity contribution in [3.63, 3.8) is 0 Å². The monoisotopic (exact) mass is 226 g/mol. The van der Waals surface area contributed by atoms with Crippen LogP contribution in [0.25, 0.3) is 0 Å². The lowest BCUT2D eigenvalue weighted by molar-refractivity contribution is -0.0446. The zero-order valence-corrected chi connectivity index (χ0v) is 11.7. The predicted molar refractivity (Wildman–Crippen MR) is 66.8 cm³/mol. The molecule has 1 atom stereocenters. The van der Waals surface area contributed by atoms with E-state index in [1.807, 2.05) is 0 Å². The first-order valence-corrected chi connectivity index (χ1v) is 7.29. The molecule has 1 aliphatic rings. The summed E-state index contributed by atoms with van der Waals surface area (Å²) in [6.45, 7) is 4.47. The molecule has 1 rings (SSSR count). The molecule has 0 aromatic rings. The van der Waals surface area contributed by atoms with Gasteiger partial charge in [0.05, 0.1) is 9.52 Å². The van der Waals surface area contributed by atoms with E-state index >= 15 is 0 Å². The molecule has 0 aromatic carbocycles. The Bertz CT molecular complexity index is 254. The molecule has 0 bridgehead atoms. The van der Waals surface area contributed by atoms with Crippen LogP contribution in [-0.4, -0.2) is 29.7 Å². The van der Waals surface area contributed by atoms with Crippen LogP contribution in [0.1, 0.15) is 26.7 Å². The van der Waals surface area contributed by atoms with Crippen molar-refractivity contribution in [3.05, 3.63) is 23.3 Å². The number of ether oxygens (including phenoxy) is 2. The fourth-order valence-corrected chi connectivity index (χ4v) is 4.09. The molecule has 86 valence electrons. The molecule has 0 saturated carbocycles. The first kappa shape index (κ1) is 12.7. The van der Waals surface area contributed by atoms with Crippen LogP contribution < -0.4 is 0 Å². The van der Waals surface area contributed by atoms with Crippen LogP contribution in [0, 0.1) is 0 Å². The van der Waals surface area contributed by atoms with Crippen molar-refractivity contribution in [1.82, 2.24) is 0 Å². The van der Waals surface area contributed by atoms with E-state index in [0.717, 1.165) is 6.42 Å². The minimum atomic E-state index is -0.376. The van der Waals surface area contributed by atoms with E-state index in [1.54, 1.807) is 19.8 Å². The van der Waals surface area contributed by atoms with E-state index in [0.29, 0.717) is 5.54 Å². The highest BCUT2D eigenvalue weighted by molar-refractivity contribution is 6.40. The van der Waals surface area contributed by atoms with Gasteiger partial charge in [0.2, 0.25) is 0 Å². The zero-order chi connectivity index (χ0) is 11.3. The lowest BCUT2D eigenvalue weighted by atomic mass is 10.1. The van der Waals surface area contributed by atoms with E-state index in [-0.39, 0.29) is 15.4 Å². The average Bonchev–Trinajstić information content (AvgIpc) is 2.67. The highest BCUT2D eigenvalue weighted by Crippen LogP contribution is 2.32. The van der Waals surface area contributed by atoms with Gasteiger partial charge in [0.25, 0.3) is 0 Å². The van der Waals surface area contributed by atoms with Crippen molar-refractivity contribution in [2.45, 2.75) is 38.1 Å². The summed E-state index contributed by atoms with van der Waals surface area (Å²) in [4.78, 5) is 0. The minimum Gasteiger partial charge on any atom is -0.360 e. The number of methoxy groups -OCH3 is 2. The fourth-order valence-electron chi connectivity index (χ4n) is 2.16. The zero-order valence-electron chi connectivity index (χ0n) is 10.2. The molecular weight excluding hydrogens is 204 g/mol. The molecule has 3 heteroatoms. The molecule has 15 heavy (non-hydrogen) atoms. The van der Waals surface area contributed by atoms with Gasteiger partial charge in [-0.05, 0) is 24.5 Å². The molecular formula is C12H22O2Si. The van der Waals surface area contributed by atoms with Crippen molar-refractivity contribution in [1.29, 1.82) is 0 Å². The second-order valence-corrected chi connectivity index (χ2v) is 6.15. The van der Waals surface area contributed by atoms with E-state index in [1.165, 1.54) is 12.0 Å². The maximum absolute atomic E-state index is 5.32. The SMILES string of the molecule is CCC([SiH2]C(OC)OC)C1=CCC=C1C. The molecule has 0 amide bonds. The van der Waals surface area contributed by atoms with Crippen molar-refractivity contribution in [3.8, 4) is 0 Å². The van der Waals surface area contributed by atoms with Gasteiger partial charge in [-0.2, -0.15) is 0 Å². The smallest absolute Gasteiger partial charge is 0.134 e. The summed E-state index contributed by atoms with van der Waals surface area (Å²) >= 11 is 0. The molecule has 0 fully saturated rings. The van der Waals surface area contributed by atoms with Gasteiger partial charge in [-0.25, -0.2) is 0 Å². The summed E-state index contributed by atoms with van der Waals surface area (Å²) < 4.78 is 10.6. The van der Waals surface area contributed by atoms with Gasteiger partial charge in [-0.3, -0.25) is 0 Å². The summed E-state index contributed by atoms with van der Waals surface area (Å²) in [7, 11) is 3.10. The second-order valence-electron chi connectivity index (χ2n) is 4.02. The number of hydrogen-bond donors (Lipinski definition) is 0. The molecule has 1 aliphatic carbocycles.